The van der Waals surface area contributed by atoms with Gasteiger partial charge in [0.05, 0.1) is 18.8 Å². The highest BCUT2D eigenvalue weighted by molar-refractivity contribution is 5.96. The van der Waals surface area contributed by atoms with E-state index in [4.69, 9.17) is 5.10 Å². The van der Waals surface area contributed by atoms with E-state index >= 15 is 0 Å². The zero-order valence-corrected chi connectivity index (χ0v) is 21.2. The van der Waals surface area contributed by atoms with Gasteiger partial charge in [-0.05, 0) is 62.9 Å². The van der Waals surface area contributed by atoms with E-state index < -0.39 is 5.60 Å². The Morgan fingerprint density at radius 3 is 2.76 bits per heavy atom. The number of aliphatic hydroxyl groups is 1. The molecule has 3 aromatic rings. The lowest BCUT2D eigenvalue weighted by molar-refractivity contribution is 0.0730. The third-order valence-corrected chi connectivity index (χ3v) is 6.54. The summed E-state index contributed by atoms with van der Waals surface area (Å²) in [4.78, 5) is 32.7. The number of fused-ring (bicyclic) bond motifs is 1. The number of carbonyl (C=O) groups excluding carboxylic acids is 2. The van der Waals surface area contributed by atoms with Crippen molar-refractivity contribution < 1.29 is 14.7 Å². The fourth-order valence-electron chi connectivity index (χ4n) is 4.44. The van der Waals surface area contributed by atoms with Gasteiger partial charge in [-0.25, -0.2) is 0 Å². The Labute approximate surface area is 216 Å². The number of carbonyl (C=O) groups is 2. The van der Waals surface area contributed by atoms with Crippen LogP contribution in [-0.4, -0.2) is 48.7 Å². The molecule has 2 N–H and O–H groups in total. The molecule has 1 aliphatic heterocycles. The zero-order chi connectivity index (χ0) is 26.0. The average molecular weight is 498 g/mol. The molecule has 1 saturated carbocycles. The van der Waals surface area contributed by atoms with E-state index in [0.717, 1.165) is 23.5 Å². The molecule has 3 heterocycles. The first kappa shape index (κ1) is 24.7. The minimum absolute atomic E-state index is 0.118. The van der Waals surface area contributed by atoms with Crippen LogP contribution in [0.2, 0.25) is 0 Å². The van der Waals surface area contributed by atoms with Gasteiger partial charge in [0.15, 0.2) is 5.69 Å². The quantitative estimate of drug-likeness (QED) is 0.510. The Morgan fingerprint density at radius 2 is 2.03 bits per heavy atom. The molecule has 8 nitrogen and oxygen atoms in total. The fourth-order valence-corrected chi connectivity index (χ4v) is 4.44. The number of aromatic nitrogens is 3. The third kappa shape index (κ3) is 6.07. The topological polar surface area (TPSA) is 100 Å². The molecule has 0 spiro atoms. The molecular formula is C29H31N5O3. The average Bonchev–Trinajstić information content (AvgIpc) is 3.65. The normalized spacial score (nSPS) is 14.9. The summed E-state index contributed by atoms with van der Waals surface area (Å²) in [6.07, 6.45) is 4.72. The molecule has 8 heteroatoms. The van der Waals surface area contributed by atoms with Crippen molar-refractivity contribution >= 4 is 11.8 Å². The maximum atomic E-state index is 13.4. The molecule has 1 aromatic carbocycles. The van der Waals surface area contributed by atoms with Crippen LogP contribution in [0.25, 0.3) is 0 Å². The molecule has 37 heavy (non-hydrogen) atoms. The Morgan fingerprint density at radius 1 is 1.19 bits per heavy atom. The van der Waals surface area contributed by atoms with Crippen LogP contribution in [0.15, 0.2) is 48.7 Å². The van der Waals surface area contributed by atoms with E-state index in [-0.39, 0.29) is 11.8 Å². The number of hydrogen-bond acceptors (Lipinski definition) is 5. The SMILES string of the molecule is CC(C)(O)C#Cc1cccc(C(=O)N2CCc3c(c(C(=O)NCc4ccccn4)nn3CC3CC3)C2)c1. The van der Waals surface area contributed by atoms with Crippen LogP contribution >= 0.6 is 0 Å². The first-order valence-electron chi connectivity index (χ1n) is 12.7. The molecule has 1 fully saturated rings. The first-order chi connectivity index (χ1) is 17.8. The molecule has 0 unspecified atom stereocenters. The minimum atomic E-state index is -1.11. The van der Waals surface area contributed by atoms with E-state index in [1.165, 1.54) is 12.8 Å². The van der Waals surface area contributed by atoms with Gasteiger partial charge in [0.25, 0.3) is 11.8 Å². The molecule has 1 aliphatic carbocycles. The Bertz CT molecular complexity index is 1370. The van der Waals surface area contributed by atoms with Gasteiger partial charge in [-0.1, -0.05) is 24.0 Å². The Kier molecular flexibility index (Phi) is 6.81. The van der Waals surface area contributed by atoms with Crippen LogP contribution in [0.3, 0.4) is 0 Å². The molecule has 2 aromatic heterocycles. The first-order valence-corrected chi connectivity index (χ1v) is 12.7. The highest BCUT2D eigenvalue weighted by Crippen LogP contribution is 2.33. The van der Waals surface area contributed by atoms with Crippen molar-refractivity contribution in [1.29, 1.82) is 0 Å². The lowest BCUT2D eigenvalue weighted by Crippen LogP contribution is -2.37. The van der Waals surface area contributed by atoms with Crippen LogP contribution in [0.4, 0.5) is 0 Å². The highest BCUT2D eigenvalue weighted by atomic mass is 16.3. The van der Waals surface area contributed by atoms with Gasteiger partial charge >= 0.3 is 0 Å². The standard InChI is InChI=1S/C29H31N5O3/c1-29(2,37)13-11-20-6-5-7-22(16-20)28(36)33-15-12-25-24(19-33)26(32-34(25)18-21-9-10-21)27(35)31-17-23-8-3-4-14-30-23/h3-8,14,16,21,37H,9-10,12,15,17-19H2,1-2H3,(H,31,35). The van der Waals surface area contributed by atoms with E-state index in [0.29, 0.717) is 48.8 Å². The van der Waals surface area contributed by atoms with Crippen molar-refractivity contribution in [3.05, 3.63) is 82.4 Å². The third-order valence-electron chi connectivity index (χ3n) is 6.54. The maximum absolute atomic E-state index is 13.4. The molecule has 2 amide bonds. The van der Waals surface area contributed by atoms with E-state index in [1.54, 1.807) is 43.1 Å². The minimum Gasteiger partial charge on any atom is -0.378 e. The second-order valence-corrected chi connectivity index (χ2v) is 10.3. The summed E-state index contributed by atoms with van der Waals surface area (Å²) >= 11 is 0. The monoisotopic (exact) mass is 497 g/mol. The lowest BCUT2D eigenvalue weighted by atomic mass is 10.0. The highest BCUT2D eigenvalue weighted by Gasteiger charge is 2.32. The van der Waals surface area contributed by atoms with Crippen LogP contribution in [0.5, 0.6) is 0 Å². The van der Waals surface area contributed by atoms with Gasteiger partial charge in [-0.15, -0.1) is 0 Å². The Balaban J connectivity index is 1.37. The van der Waals surface area contributed by atoms with Crippen LogP contribution < -0.4 is 5.32 Å². The lowest BCUT2D eigenvalue weighted by Gasteiger charge is -2.28. The van der Waals surface area contributed by atoms with Crippen LogP contribution in [-0.2, 0) is 26.1 Å². The molecule has 190 valence electrons. The number of benzene rings is 1. The second kappa shape index (κ2) is 10.2. The number of nitrogens with one attached hydrogen (secondary N) is 1. The molecule has 2 aliphatic rings. The van der Waals surface area contributed by atoms with Gasteiger partial charge in [0.2, 0.25) is 0 Å². The molecule has 0 atom stereocenters. The molecule has 0 bridgehead atoms. The van der Waals surface area contributed by atoms with E-state index in [9.17, 15) is 14.7 Å². The van der Waals surface area contributed by atoms with Crippen molar-refractivity contribution in [3.8, 4) is 11.8 Å². The largest absolute Gasteiger partial charge is 0.378 e. The van der Waals surface area contributed by atoms with Gasteiger partial charge in [0, 0.05) is 48.1 Å². The summed E-state index contributed by atoms with van der Waals surface area (Å²) < 4.78 is 1.98. The molecule has 5 rings (SSSR count). The second-order valence-electron chi connectivity index (χ2n) is 10.3. The number of nitrogens with zero attached hydrogens (tertiary/aromatic N) is 4. The number of hydrogen-bond donors (Lipinski definition) is 2. The summed E-state index contributed by atoms with van der Waals surface area (Å²) in [5, 5.41) is 17.6. The van der Waals surface area contributed by atoms with Gasteiger partial charge < -0.3 is 15.3 Å². The summed E-state index contributed by atoms with van der Waals surface area (Å²) in [6, 6.07) is 12.7. The fraction of sp³-hybridized carbons (Fsp3) is 0.379. The molecular weight excluding hydrogens is 466 g/mol. The van der Waals surface area contributed by atoms with Crippen LogP contribution in [0.1, 0.15) is 70.1 Å². The van der Waals surface area contributed by atoms with E-state index in [2.05, 4.69) is 22.1 Å². The van der Waals surface area contributed by atoms with Gasteiger partial charge in [-0.2, -0.15) is 5.10 Å². The van der Waals surface area contributed by atoms with Crippen molar-refractivity contribution in [1.82, 2.24) is 25.0 Å². The maximum Gasteiger partial charge on any atom is 0.272 e. The van der Waals surface area contributed by atoms with Crippen LogP contribution in [0, 0.1) is 17.8 Å². The van der Waals surface area contributed by atoms with Crippen molar-refractivity contribution in [2.24, 2.45) is 5.92 Å². The smallest absolute Gasteiger partial charge is 0.272 e. The van der Waals surface area contributed by atoms with Crippen molar-refractivity contribution in [3.63, 3.8) is 0 Å². The predicted molar refractivity (Wildman–Crippen MR) is 138 cm³/mol. The molecule has 0 radical (unpaired) electrons. The molecule has 0 saturated heterocycles. The summed E-state index contributed by atoms with van der Waals surface area (Å²) in [5.74, 6) is 5.96. The summed E-state index contributed by atoms with van der Waals surface area (Å²) in [5.41, 5.74) is 3.09. The summed E-state index contributed by atoms with van der Waals surface area (Å²) in [6.45, 7) is 5.24. The number of pyridine rings is 1. The van der Waals surface area contributed by atoms with Gasteiger partial charge in [0.1, 0.15) is 5.60 Å². The number of amides is 2. The number of rotatable bonds is 6. The van der Waals surface area contributed by atoms with E-state index in [1.807, 2.05) is 28.9 Å². The summed E-state index contributed by atoms with van der Waals surface area (Å²) in [7, 11) is 0. The van der Waals surface area contributed by atoms with Crippen molar-refractivity contribution in [2.75, 3.05) is 6.54 Å². The predicted octanol–water partition coefficient (Wildman–Crippen LogP) is 2.94. The van der Waals surface area contributed by atoms with Gasteiger partial charge in [-0.3, -0.25) is 19.3 Å². The van der Waals surface area contributed by atoms with Crippen molar-refractivity contribution in [2.45, 2.75) is 58.3 Å². The zero-order valence-electron chi connectivity index (χ0n) is 21.2. The Hall–Kier alpha value is -3.96.